The highest BCUT2D eigenvalue weighted by Crippen LogP contribution is 2.34. The number of hydrogen-bond acceptors (Lipinski definition) is 6. The summed E-state index contributed by atoms with van der Waals surface area (Å²) in [7, 11) is -3.41. The molecule has 0 radical (unpaired) electrons. The average Bonchev–Trinajstić information content (AvgIpc) is 2.98. The normalized spacial score (nSPS) is 16.7. The topological polar surface area (TPSA) is 122 Å². The van der Waals surface area contributed by atoms with Gasteiger partial charge >= 0.3 is 5.97 Å². The van der Waals surface area contributed by atoms with E-state index in [1.807, 2.05) is 6.92 Å². The number of ether oxygens (including phenoxy) is 1. The van der Waals surface area contributed by atoms with E-state index in [-0.39, 0.29) is 17.5 Å². The zero-order chi connectivity index (χ0) is 21.8. The summed E-state index contributed by atoms with van der Waals surface area (Å²) in [6.07, 6.45) is 2.41. The molecule has 0 unspecified atom stereocenters. The predicted molar refractivity (Wildman–Crippen MR) is 108 cm³/mol. The van der Waals surface area contributed by atoms with E-state index < -0.39 is 34.5 Å². The molecule has 1 heterocycles. The largest absolute Gasteiger partial charge is 0.452 e. The van der Waals surface area contributed by atoms with Crippen LogP contribution in [-0.4, -0.2) is 57.7 Å². The van der Waals surface area contributed by atoms with Crippen molar-refractivity contribution in [2.24, 2.45) is 0 Å². The number of anilines is 1. The summed E-state index contributed by atoms with van der Waals surface area (Å²) >= 11 is 0. The number of sulfonamides is 1. The van der Waals surface area contributed by atoms with Crippen LogP contribution in [-0.2, 0) is 30.8 Å². The Hall–Kier alpha value is -2.62. The maximum absolute atomic E-state index is 12.3. The van der Waals surface area contributed by atoms with E-state index in [4.69, 9.17) is 4.74 Å². The zero-order valence-corrected chi connectivity index (χ0v) is 17.8. The first-order valence-corrected chi connectivity index (χ1v) is 11.3. The van der Waals surface area contributed by atoms with Gasteiger partial charge < -0.3 is 15.4 Å². The molecule has 0 fully saturated rings. The molecule has 2 rings (SSSR count). The molecule has 0 aromatic heterocycles. The van der Waals surface area contributed by atoms with Gasteiger partial charge in [0.2, 0.25) is 15.9 Å². The minimum absolute atomic E-state index is 0.229. The lowest BCUT2D eigenvalue weighted by molar-refractivity contribution is -0.130. The summed E-state index contributed by atoms with van der Waals surface area (Å²) in [6, 6.07) is 3.64. The molecular formula is C19H27N3O6S. The van der Waals surface area contributed by atoms with Gasteiger partial charge in [-0.05, 0) is 50.5 Å². The fourth-order valence-electron chi connectivity index (χ4n) is 3.20. The highest BCUT2D eigenvalue weighted by molar-refractivity contribution is 7.92. The molecular weight excluding hydrogens is 398 g/mol. The molecule has 0 aliphatic carbocycles. The van der Waals surface area contributed by atoms with Crippen molar-refractivity contribution in [3.63, 3.8) is 0 Å². The quantitative estimate of drug-likeness (QED) is 0.588. The first kappa shape index (κ1) is 22.7. The van der Waals surface area contributed by atoms with Crippen molar-refractivity contribution < 1.29 is 27.5 Å². The molecule has 10 heteroatoms. The van der Waals surface area contributed by atoms with E-state index in [0.717, 1.165) is 18.2 Å². The van der Waals surface area contributed by atoms with E-state index in [1.165, 1.54) is 10.4 Å². The summed E-state index contributed by atoms with van der Waals surface area (Å²) < 4.78 is 30.3. The van der Waals surface area contributed by atoms with Crippen LogP contribution in [0, 0.1) is 0 Å². The average molecular weight is 426 g/mol. The first-order chi connectivity index (χ1) is 13.5. The number of nitrogens with zero attached hydrogens (tertiary/aromatic N) is 1. The molecule has 160 valence electrons. The smallest absolute Gasteiger partial charge is 0.338 e. The number of nitrogens with one attached hydrogen (secondary N) is 2. The molecule has 1 aromatic rings. The van der Waals surface area contributed by atoms with Gasteiger partial charge in [-0.2, -0.15) is 0 Å². The molecule has 1 aliphatic heterocycles. The number of carbonyl (C=O) groups excluding carboxylic acids is 3. The molecule has 0 bridgehead atoms. The van der Waals surface area contributed by atoms with Crippen LogP contribution in [0.15, 0.2) is 18.2 Å². The van der Waals surface area contributed by atoms with Crippen LogP contribution in [0.1, 0.15) is 43.1 Å². The Bertz CT molecular complexity index is 899. The maximum atomic E-state index is 12.3. The molecule has 1 aliphatic rings. The summed E-state index contributed by atoms with van der Waals surface area (Å²) in [5, 5.41) is 5.13. The predicted octanol–water partition coefficient (Wildman–Crippen LogP) is 0.585. The lowest BCUT2D eigenvalue weighted by Crippen LogP contribution is -2.46. The zero-order valence-electron chi connectivity index (χ0n) is 17.0. The number of carbonyl (C=O) groups is 3. The third kappa shape index (κ3) is 5.69. The third-order valence-electron chi connectivity index (χ3n) is 4.48. The van der Waals surface area contributed by atoms with Gasteiger partial charge in [0.1, 0.15) is 6.04 Å². The van der Waals surface area contributed by atoms with Gasteiger partial charge in [-0.15, -0.1) is 0 Å². The Balaban J connectivity index is 1.95. The summed E-state index contributed by atoms with van der Waals surface area (Å²) in [6.45, 7) is 5.25. The Morgan fingerprint density at radius 3 is 2.62 bits per heavy atom. The summed E-state index contributed by atoms with van der Waals surface area (Å²) in [4.78, 5) is 35.9. The molecule has 0 spiro atoms. The number of fused-ring (bicyclic) bond motifs is 1. The highest BCUT2D eigenvalue weighted by atomic mass is 32.2. The second kappa shape index (κ2) is 9.25. The molecule has 29 heavy (non-hydrogen) atoms. The third-order valence-corrected chi connectivity index (χ3v) is 5.75. The molecule has 0 saturated heterocycles. The molecule has 2 atom stereocenters. The highest BCUT2D eigenvalue weighted by Gasteiger charge is 2.33. The molecule has 2 N–H and O–H groups in total. The summed E-state index contributed by atoms with van der Waals surface area (Å²) in [5.74, 6) is -1.60. The Morgan fingerprint density at radius 1 is 1.31 bits per heavy atom. The van der Waals surface area contributed by atoms with Crippen molar-refractivity contribution in [1.82, 2.24) is 10.6 Å². The van der Waals surface area contributed by atoms with Crippen molar-refractivity contribution in [1.29, 1.82) is 0 Å². The minimum Gasteiger partial charge on any atom is -0.452 e. The van der Waals surface area contributed by atoms with Crippen LogP contribution in [0.3, 0.4) is 0 Å². The Labute approximate surface area is 170 Å². The second-order valence-corrected chi connectivity index (χ2v) is 8.97. The molecule has 1 aromatic carbocycles. The second-order valence-electron chi connectivity index (χ2n) is 7.11. The Morgan fingerprint density at radius 2 is 2.00 bits per heavy atom. The number of amides is 2. The van der Waals surface area contributed by atoms with Crippen LogP contribution in [0.2, 0.25) is 0 Å². The molecule has 0 saturated carbocycles. The van der Waals surface area contributed by atoms with E-state index >= 15 is 0 Å². The molecule has 2 amide bonds. The minimum atomic E-state index is -3.41. The van der Waals surface area contributed by atoms with E-state index in [1.54, 1.807) is 26.0 Å². The van der Waals surface area contributed by atoms with Gasteiger partial charge in [0.05, 0.1) is 17.5 Å². The van der Waals surface area contributed by atoms with Gasteiger partial charge in [-0.1, -0.05) is 6.92 Å². The van der Waals surface area contributed by atoms with E-state index in [9.17, 15) is 22.8 Å². The standard InChI is InChI=1S/C19H27N3O6S/c1-5-8-20-18(24)13(3)21-17(23)11-28-19(25)14-6-7-16-15(10-14)9-12(2)22(16)29(4,26)27/h6-7,10,12-13H,5,8-9,11H2,1-4H3,(H,20,24)(H,21,23)/t12-,13-/m0/s1. The lowest BCUT2D eigenvalue weighted by Gasteiger charge is -2.21. The SMILES string of the molecule is CCCNC(=O)[C@H](C)NC(=O)COC(=O)c1ccc2c(c1)C[C@H](C)N2S(C)(=O)=O. The fraction of sp³-hybridized carbons (Fsp3) is 0.526. The van der Waals surface area contributed by atoms with Crippen LogP contribution >= 0.6 is 0 Å². The lowest BCUT2D eigenvalue weighted by atomic mass is 10.1. The van der Waals surface area contributed by atoms with Crippen molar-refractivity contribution in [3.8, 4) is 0 Å². The Kier molecular flexibility index (Phi) is 7.23. The van der Waals surface area contributed by atoms with Crippen LogP contribution in [0.5, 0.6) is 0 Å². The maximum Gasteiger partial charge on any atom is 0.338 e. The number of rotatable bonds is 8. The van der Waals surface area contributed by atoms with E-state index in [2.05, 4.69) is 10.6 Å². The van der Waals surface area contributed by atoms with Gasteiger partial charge in [0.25, 0.3) is 5.91 Å². The van der Waals surface area contributed by atoms with Crippen molar-refractivity contribution in [2.75, 3.05) is 23.7 Å². The van der Waals surface area contributed by atoms with Gasteiger partial charge in [0.15, 0.2) is 6.61 Å². The number of esters is 1. The van der Waals surface area contributed by atoms with Crippen molar-refractivity contribution >= 4 is 33.5 Å². The van der Waals surface area contributed by atoms with Crippen molar-refractivity contribution in [2.45, 2.75) is 45.7 Å². The van der Waals surface area contributed by atoms with E-state index in [0.29, 0.717) is 18.7 Å². The number of benzene rings is 1. The van der Waals surface area contributed by atoms with Gasteiger partial charge in [-0.3, -0.25) is 13.9 Å². The van der Waals surface area contributed by atoms with Crippen molar-refractivity contribution in [3.05, 3.63) is 29.3 Å². The molecule has 9 nitrogen and oxygen atoms in total. The van der Waals surface area contributed by atoms with Gasteiger partial charge in [0, 0.05) is 12.6 Å². The summed E-state index contributed by atoms with van der Waals surface area (Å²) in [5.41, 5.74) is 1.50. The van der Waals surface area contributed by atoms with Crippen LogP contribution in [0.25, 0.3) is 0 Å². The fourth-order valence-corrected chi connectivity index (χ4v) is 4.46. The number of hydrogen-bond donors (Lipinski definition) is 2. The van der Waals surface area contributed by atoms with Gasteiger partial charge in [-0.25, -0.2) is 13.2 Å². The van der Waals surface area contributed by atoms with Crippen LogP contribution in [0.4, 0.5) is 5.69 Å². The van der Waals surface area contributed by atoms with Crippen LogP contribution < -0.4 is 14.9 Å². The first-order valence-electron chi connectivity index (χ1n) is 9.41. The monoisotopic (exact) mass is 425 g/mol.